The summed E-state index contributed by atoms with van der Waals surface area (Å²) >= 11 is 0. The number of nitrogens with two attached hydrogens (primary N) is 1. The summed E-state index contributed by atoms with van der Waals surface area (Å²) < 4.78 is 0. The van der Waals surface area contributed by atoms with Gasteiger partial charge in [0.25, 0.3) is 0 Å². The van der Waals surface area contributed by atoms with Crippen LogP contribution in [0.2, 0.25) is 0 Å². The van der Waals surface area contributed by atoms with Crippen molar-refractivity contribution in [1.82, 2.24) is 10.6 Å². The highest BCUT2D eigenvalue weighted by Crippen LogP contribution is 2.06. The Morgan fingerprint density at radius 1 is 1.29 bits per heavy atom. The van der Waals surface area contributed by atoms with Crippen LogP contribution in [0, 0.1) is 0 Å². The second kappa shape index (κ2) is 5.59. The minimum Gasteiger partial charge on any atom is -0.358 e. The standard InChI is InChI=1S/C9H19N3O2/c1-9(2,10)5-4-7(13)12-6-8(14)11-3/h4-6,10H2,1-3H3,(H,11,14)(H,12,13). The predicted molar refractivity (Wildman–Crippen MR) is 54.6 cm³/mol. The van der Waals surface area contributed by atoms with Crippen molar-refractivity contribution in [3.63, 3.8) is 0 Å². The van der Waals surface area contributed by atoms with Gasteiger partial charge in [0.2, 0.25) is 11.8 Å². The molecule has 0 aliphatic heterocycles. The molecule has 0 heterocycles. The fraction of sp³-hybridized carbons (Fsp3) is 0.778. The van der Waals surface area contributed by atoms with Crippen molar-refractivity contribution in [3.05, 3.63) is 0 Å². The van der Waals surface area contributed by atoms with E-state index in [0.717, 1.165) is 0 Å². The Kier molecular flexibility index (Phi) is 5.15. The molecule has 0 spiro atoms. The maximum absolute atomic E-state index is 11.2. The van der Waals surface area contributed by atoms with Gasteiger partial charge in [-0.05, 0) is 20.3 Å². The molecule has 0 atom stereocenters. The first-order chi connectivity index (χ1) is 6.35. The summed E-state index contributed by atoms with van der Waals surface area (Å²) in [5, 5.41) is 4.91. The van der Waals surface area contributed by atoms with Crippen molar-refractivity contribution in [2.45, 2.75) is 32.2 Å². The highest BCUT2D eigenvalue weighted by molar-refractivity contribution is 5.84. The van der Waals surface area contributed by atoms with E-state index >= 15 is 0 Å². The first-order valence-electron chi connectivity index (χ1n) is 4.61. The first-order valence-corrected chi connectivity index (χ1v) is 4.61. The molecule has 0 aliphatic carbocycles. The number of nitrogens with one attached hydrogen (secondary N) is 2. The van der Waals surface area contributed by atoms with E-state index in [1.54, 1.807) is 0 Å². The molecule has 14 heavy (non-hydrogen) atoms. The lowest BCUT2D eigenvalue weighted by molar-refractivity contribution is -0.126. The number of rotatable bonds is 5. The zero-order valence-corrected chi connectivity index (χ0v) is 9.02. The van der Waals surface area contributed by atoms with Crippen LogP contribution in [-0.4, -0.2) is 30.9 Å². The average Bonchev–Trinajstić information content (AvgIpc) is 2.09. The SMILES string of the molecule is CNC(=O)CNC(=O)CCC(C)(C)N. The van der Waals surface area contributed by atoms with Gasteiger partial charge in [0.1, 0.15) is 0 Å². The molecule has 5 nitrogen and oxygen atoms in total. The molecule has 0 fully saturated rings. The Morgan fingerprint density at radius 3 is 2.29 bits per heavy atom. The first kappa shape index (κ1) is 12.9. The van der Waals surface area contributed by atoms with Gasteiger partial charge >= 0.3 is 0 Å². The summed E-state index contributed by atoms with van der Waals surface area (Å²) in [5.74, 6) is -0.350. The molecule has 0 radical (unpaired) electrons. The molecule has 0 unspecified atom stereocenters. The Labute approximate surface area is 84.4 Å². The molecule has 82 valence electrons. The molecule has 0 aromatic rings. The number of amides is 2. The molecule has 2 amide bonds. The highest BCUT2D eigenvalue weighted by atomic mass is 16.2. The van der Waals surface area contributed by atoms with Crippen LogP contribution in [0.3, 0.4) is 0 Å². The molecule has 0 aromatic heterocycles. The largest absolute Gasteiger partial charge is 0.358 e. The second-order valence-electron chi connectivity index (χ2n) is 3.94. The van der Waals surface area contributed by atoms with E-state index in [2.05, 4.69) is 10.6 Å². The van der Waals surface area contributed by atoms with E-state index in [1.807, 2.05) is 13.8 Å². The topological polar surface area (TPSA) is 84.2 Å². The molecule has 0 bridgehead atoms. The van der Waals surface area contributed by atoms with Gasteiger partial charge in [-0.15, -0.1) is 0 Å². The van der Waals surface area contributed by atoms with Gasteiger partial charge in [-0.2, -0.15) is 0 Å². The van der Waals surface area contributed by atoms with Crippen molar-refractivity contribution in [1.29, 1.82) is 0 Å². The van der Waals surface area contributed by atoms with Crippen molar-refractivity contribution < 1.29 is 9.59 Å². The van der Waals surface area contributed by atoms with Crippen molar-refractivity contribution in [2.75, 3.05) is 13.6 Å². The van der Waals surface area contributed by atoms with Gasteiger partial charge in [-0.3, -0.25) is 9.59 Å². The molecule has 0 aliphatic rings. The van der Waals surface area contributed by atoms with Gasteiger partial charge < -0.3 is 16.4 Å². The minimum atomic E-state index is -0.343. The van der Waals surface area contributed by atoms with Crippen LogP contribution in [-0.2, 0) is 9.59 Å². The number of hydrogen-bond acceptors (Lipinski definition) is 3. The molecular weight excluding hydrogens is 182 g/mol. The third-order valence-corrected chi connectivity index (χ3v) is 1.72. The van der Waals surface area contributed by atoms with Crippen LogP contribution in [0.15, 0.2) is 0 Å². The zero-order valence-electron chi connectivity index (χ0n) is 9.02. The van der Waals surface area contributed by atoms with Crippen molar-refractivity contribution >= 4 is 11.8 Å². The molecule has 4 N–H and O–H groups in total. The van der Waals surface area contributed by atoms with Crippen LogP contribution in [0.25, 0.3) is 0 Å². The van der Waals surface area contributed by atoms with Gasteiger partial charge in [0.05, 0.1) is 6.54 Å². The summed E-state index contributed by atoms with van der Waals surface area (Å²) in [5.41, 5.74) is 5.36. The third-order valence-electron chi connectivity index (χ3n) is 1.72. The normalized spacial score (nSPS) is 10.9. The lowest BCUT2D eigenvalue weighted by Gasteiger charge is -2.17. The van der Waals surface area contributed by atoms with Crippen LogP contribution >= 0.6 is 0 Å². The molecule has 0 rings (SSSR count). The Hall–Kier alpha value is -1.10. The Bertz CT molecular complexity index is 209. The molecular formula is C9H19N3O2. The van der Waals surface area contributed by atoms with E-state index in [0.29, 0.717) is 12.8 Å². The summed E-state index contributed by atoms with van der Waals surface area (Å²) in [6.45, 7) is 3.75. The number of likely N-dealkylation sites (N-methyl/N-ethyl adjacent to an activating group) is 1. The van der Waals surface area contributed by atoms with Gasteiger partial charge in [0, 0.05) is 19.0 Å². The fourth-order valence-corrected chi connectivity index (χ4v) is 0.791. The van der Waals surface area contributed by atoms with E-state index in [9.17, 15) is 9.59 Å². The molecule has 5 heteroatoms. The maximum atomic E-state index is 11.2. The van der Waals surface area contributed by atoms with Gasteiger partial charge in [0.15, 0.2) is 0 Å². The van der Waals surface area contributed by atoms with Gasteiger partial charge in [-0.1, -0.05) is 0 Å². The Morgan fingerprint density at radius 2 is 1.86 bits per heavy atom. The van der Waals surface area contributed by atoms with E-state index < -0.39 is 0 Å². The molecule has 0 aromatic carbocycles. The van der Waals surface area contributed by atoms with Gasteiger partial charge in [-0.25, -0.2) is 0 Å². The summed E-state index contributed by atoms with van der Waals surface area (Å²) in [6.07, 6.45) is 0.951. The summed E-state index contributed by atoms with van der Waals surface area (Å²) in [4.78, 5) is 21.9. The monoisotopic (exact) mass is 201 g/mol. The smallest absolute Gasteiger partial charge is 0.239 e. The van der Waals surface area contributed by atoms with Crippen molar-refractivity contribution in [2.24, 2.45) is 5.73 Å². The van der Waals surface area contributed by atoms with Crippen LogP contribution in [0.4, 0.5) is 0 Å². The minimum absolute atomic E-state index is 0.0281. The zero-order chi connectivity index (χ0) is 11.2. The average molecular weight is 201 g/mol. The van der Waals surface area contributed by atoms with E-state index in [-0.39, 0.29) is 23.9 Å². The van der Waals surface area contributed by atoms with E-state index in [4.69, 9.17) is 5.73 Å². The molecule has 0 saturated carbocycles. The lowest BCUT2D eigenvalue weighted by atomic mass is 10.00. The van der Waals surface area contributed by atoms with Crippen molar-refractivity contribution in [3.8, 4) is 0 Å². The van der Waals surface area contributed by atoms with E-state index in [1.165, 1.54) is 7.05 Å². The Balaban J connectivity index is 3.62. The predicted octanol–water partition coefficient (Wildman–Crippen LogP) is -0.634. The van der Waals surface area contributed by atoms with Crippen LogP contribution < -0.4 is 16.4 Å². The van der Waals surface area contributed by atoms with Crippen LogP contribution in [0.5, 0.6) is 0 Å². The second-order valence-corrected chi connectivity index (χ2v) is 3.94. The maximum Gasteiger partial charge on any atom is 0.239 e. The number of carbonyl (C=O) groups excluding carboxylic acids is 2. The summed E-state index contributed by atoms with van der Waals surface area (Å²) in [7, 11) is 1.53. The third kappa shape index (κ3) is 7.54. The molecule has 0 saturated heterocycles. The summed E-state index contributed by atoms with van der Waals surface area (Å²) in [6, 6.07) is 0. The number of carbonyl (C=O) groups is 2. The fourth-order valence-electron chi connectivity index (χ4n) is 0.791. The lowest BCUT2D eigenvalue weighted by Crippen LogP contribution is -2.37. The quantitative estimate of drug-likeness (QED) is 0.553. The van der Waals surface area contributed by atoms with Crippen LogP contribution in [0.1, 0.15) is 26.7 Å². The highest BCUT2D eigenvalue weighted by Gasteiger charge is 2.13. The number of hydrogen-bond donors (Lipinski definition) is 3.